The molecule has 4 rings (SSSR count). The summed E-state index contributed by atoms with van der Waals surface area (Å²) in [6.45, 7) is 0.736. The summed E-state index contributed by atoms with van der Waals surface area (Å²) in [5.41, 5.74) is 7.96. The van der Waals surface area contributed by atoms with Crippen LogP contribution in [0.15, 0.2) is 72.8 Å². The van der Waals surface area contributed by atoms with Gasteiger partial charge in [0.1, 0.15) is 5.82 Å². The van der Waals surface area contributed by atoms with Crippen molar-refractivity contribution in [3.63, 3.8) is 0 Å². The molecule has 0 radical (unpaired) electrons. The van der Waals surface area contributed by atoms with Gasteiger partial charge >= 0.3 is 6.03 Å². The summed E-state index contributed by atoms with van der Waals surface area (Å²) in [5, 5.41) is 5.96. The van der Waals surface area contributed by atoms with Crippen molar-refractivity contribution in [3.05, 3.63) is 100 Å². The van der Waals surface area contributed by atoms with E-state index in [2.05, 4.69) is 10.6 Å². The number of carbonyl (C=O) groups excluding carboxylic acids is 3. The lowest BCUT2D eigenvalue weighted by molar-refractivity contribution is -0.128. The first-order valence-electron chi connectivity index (χ1n) is 11.3. The van der Waals surface area contributed by atoms with Crippen LogP contribution in [-0.4, -0.2) is 46.9 Å². The molecule has 0 aromatic heterocycles. The second-order valence-electron chi connectivity index (χ2n) is 8.26. The number of carbonyl (C=O) groups is 3. The molecule has 186 valence electrons. The molecule has 10 heteroatoms. The van der Waals surface area contributed by atoms with Gasteiger partial charge in [0, 0.05) is 42.5 Å². The Balaban J connectivity index is 1.57. The van der Waals surface area contributed by atoms with Gasteiger partial charge < -0.3 is 21.3 Å². The highest BCUT2D eigenvalue weighted by Crippen LogP contribution is 2.22. The second-order valence-corrected chi connectivity index (χ2v) is 8.69. The first-order valence-corrected chi connectivity index (χ1v) is 11.7. The summed E-state index contributed by atoms with van der Waals surface area (Å²) in [6, 6.07) is 18.7. The van der Waals surface area contributed by atoms with Crippen LogP contribution < -0.4 is 16.4 Å². The minimum absolute atomic E-state index is 0.0838. The number of amides is 4. The summed E-state index contributed by atoms with van der Waals surface area (Å²) in [4.78, 5) is 42.3. The predicted octanol–water partition coefficient (Wildman–Crippen LogP) is 3.57. The Morgan fingerprint density at radius 1 is 0.944 bits per heavy atom. The third-order valence-electron chi connectivity index (χ3n) is 5.77. The molecule has 36 heavy (non-hydrogen) atoms. The van der Waals surface area contributed by atoms with E-state index >= 15 is 0 Å². The number of nitrogens with two attached hydrogens (primary N) is 1. The average molecular weight is 510 g/mol. The van der Waals surface area contributed by atoms with E-state index < -0.39 is 29.8 Å². The van der Waals surface area contributed by atoms with Crippen LogP contribution in [0.4, 0.5) is 14.9 Å². The zero-order chi connectivity index (χ0) is 25.7. The molecule has 4 amide bonds. The molecule has 4 N–H and O–H groups in total. The molecule has 0 saturated carbocycles. The first-order chi connectivity index (χ1) is 17.4. The van der Waals surface area contributed by atoms with Gasteiger partial charge in [-0.25, -0.2) is 9.18 Å². The maximum absolute atomic E-state index is 13.8. The Labute approximate surface area is 212 Å². The van der Waals surface area contributed by atoms with E-state index in [1.165, 1.54) is 28.0 Å². The molecule has 1 aliphatic heterocycles. The standard InChI is InChI=1S/C26H25ClFN5O3/c27-20-7-3-9-22(14-20)31-26(36)33-11-10-32(25(35)19-6-2-8-21(28)13-19)24(33)23(34)30-16-18-5-1-4-17(12-18)15-29/h1-9,12-14,24H,10-11,15-16,29H2,(H,30,34)(H,31,36). The fraction of sp³-hybridized carbons (Fsp3) is 0.192. The highest BCUT2D eigenvalue weighted by atomic mass is 35.5. The van der Waals surface area contributed by atoms with Crippen LogP contribution in [0.5, 0.6) is 0 Å². The van der Waals surface area contributed by atoms with Gasteiger partial charge in [-0.15, -0.1) is 0 Å². The van der Waals surface area contributed by atoms with Crippen LogP contribution in [0.1, 0.15) is 21.5 Å². The van der Waals surface area contributed by atoms with Crippen LogP contribution in [0.25, 0.3) is 0 Å². The second kappa shape index (κ2) is 11.2. The Hall–Kier alpha value is -3.95. The number of nitrogens with one attached hydrogen (secondary N) is 2. The van der Waals surface area contributed by atoms with Crippen molar-refractivity contribution in [1.29, 1.82) is 0 Å². The lowest BCUT2D eigenvalue weighted by Gasteiger charge is -2.29. The van der Waals surface area contributed by atoms with E-state index in [-0.39, 0.29) is 25.2 Å². The summed E-state index contributed by atoms with van der Waals surface area (Å²) < 4.78 is 13.8. The molecule has 1 heterocycles. The van der Waals surface area contributed by atoms with Gasteiger partial charge in [-0.3, -0.25) is 14.5 Å². The lowest BCUT2D eigenvalue weighted by Crippen LogP contribution is -2.54. The van der Waals surface area contributed by atoms with E-state index in [9.17, 15) is 18.8 Å². The molecular formula is C26H25ClFN5O3. The summed E-state index contributed by atoms with van der Waals surface area (Å²) in [7, 11) is 0. The fourth-order valence-electron chi connectivity index (χ4n) is 4.03. The van der Waals surface area contributed by atoms with Gasteiger partial charge in [0.05, 0.1) is 0 Å². The molecule has 1 saturated heterocycles. The van der Waals surface area contributed by atoms with Crippen molar-refractivity contribution in [2.45, 2.75) is 19.3 Å². The normalized spacial score (nSPS) is 15.0. The van der Waals surface area contributed by atoms with Crippen molar-refractivity contribution >= 4 is 35.1 Å². The number of hydrogen-bond acceptors (Lipinski definition) is 4. The number of rotatable bonds is 6. The van der Waals surface area contributed by atoms with Gasteiger partial charge in [0.2, 0.25) is 0 Å². The van der Waals surface area contributed by atoms with Gasteiger partial charge in [-0.05, 0) is 47.5 Å². The van der Waals surface area contributed by atoms with Crippen molar-refractivity contribution in [1.82, 2.24) is 15.1 Å². The van der Waals surface area contributed by atoms with Crippen LogP contribution in [0.3, 0.4) is 0 Å². The van der Waals surface area contributed by atoms with Crippen LogP contribution in [0, 0.1) is 5.82 Å². The Bertz CT molecular complexity index is 1290. The van der Waals surface area contributed by atoms with Crippen molar-refractivity contribution in [3.8, 4) is 0 Å². The van der Waals surface area contributed by atoms with Crippen molar-refractivity contribution < 1.29 is 18.8 Å². The molecule has 3 aromatic rings. The third-order valence-corrected chi connectivity index (χ3v) is 6.00. The zero-order valence-corrected chi connectivity index (χ0v) is 20.0. The van der Waals surface area contributed by atoms with Gasteiger partial charge in [-0.1, -0.05) is 48.0 Å². The minimum atomic E-state index is -1.24. The highest BCUT2D eigenvalue weighted by molar-refractivity contribution is 6.30. The topological polar surface area (TPSA) is 108 Å². The lowest BCUT2D eigenvalue weighted by atomic mass is 10.1. The Morgan fingerprint density at radius 3 is 2.42 bits per heavy atom. The predicted molar refractivity (Wildman–Crippen MR) is 135 cm³/mol. The number of anilines is 1. The number of halogens is 2. The van der Waals surface area contributed by atoms with Gasteiger partial charge in [-0.2, -0.15) is 0 Å². The smallest absolute Gasteiger partial charge is 0.323 e. The number of hydrogen-bond donors (Lipinski definition) is 3. The molecule has 0 aliphatic carbocycles. The molecule has 0 spiro atoms. The average Bonchev–Trinajstić information content (AvgIpc) is 3.32. The number of nitrogens with zero attached hydrogens (tertiary/aromatic N) is 2. The third kappa shape index (κ3) is 5.81. The molecule has 1 aliphatic rings. The van der Waals surface area contributed by atoms with Crippen LogP contribution in [-0.2, 0) is 17.9 Å². The summed E-state index contributed by atoms with van der Waals surface area (Å²) in [6.07, 6.45) is -1.24. The van der Waals surface area contributed by atoms with Crippen LogP contribution >= 0.6 is 11.6 Å². The molecule has 1 atom stereocenters. The molecule has 8 nitrogen and oxygen atoms in total. The largest absolute Gasteiger partial charge is 0.349 e. The molecule has 1 unspecified atom stereocenters. The van der Waals surface area contributed by atoms with E-state index in [0.29, 0.717) is 17.3 Å². The summed E-state index contributed by atoms with van der Waals surface area (Å²) in [5.74, 6) is -1.68. The maximum Gasteiger partial charge on any atom is 0.323 e. The Kier molecular flexibility index (Phi) is 7.82. The van der Waals surface area contributed by atoms with Crippen LogP contribution in [0.2, 0.25) is 5.02 Å². The monoisotopic (exact) mass is 509 g/mol. The SMILES string of the molecule is NCc1cccc(CNC(=O)C2N(C(=O)Nc3cccc(Cl)c3)CCN2C(=O)c2cccc(F)c2)c1. The number of urea groups is 1. The fourth-order valence-corrected chi connectivity index (χ4v) is 4.22. The molecule has 3 aromatic carbocycles. The van der Waals surface area contributed by atoms with Gasteiger partial charge in [0.25, 0.3) is 11.8 Å². The first kappa shape index (κ1) is 25.2. The van der Waals surface area contributed by atoms with Crippen molar-refractivity contribution in [2.75, 3.05) is 18.4 Å². The number of benzene rings is 3. The maximum atomic E-state index is 13.8. The quantitative estimate of drug-likeness (QED) is 0.472. The van der Waals surface area contributed by atoms with Gasteiger partial charge in [0.15, 0.2) is 6.17 Å². The van der Waals surface area contributed by atoms with E-state index in [1.807, 2.05) is 24.3 Å². The van der Waals surface area contributed by atoms with E-state index in [0.717, 1.165) is 17.2 Å². The van der Waals surface area contributed by atoms with Crippen molar-refractivity contribution in [2.24, 2.45) is 5.73 Å². The van der Waals surface area contributed by atoms with E-state index in [4.69, 9.17) is 17.3 Å². The highest BCUT2D eigenvalue weighted by Gasteiger charge is 2.43. The minimum Gasteiger partial charge on any atom is -0.349 e. The molecule has 0 bridgehead atoms. The molecular weight excluding hydrogens is 485 g/mol. The summed E-state index contributed by atoms with van der Waals surface area (Å²) >= 11 is 6.01. The molecule has 1 fully saturated rings. The zero-order valence-electron chi connectivity index (χ0n) is 19.3. The van der Waals surface area contributed by atoms with E-state index in [1.54, 1.807) is 24.3 Å². The Morgan fingerprint density at radius 2 is 1.67 bits per heavy atom.